The molecule has 1 heterocycles. The summed E-state index contributed by atoms with van der Waals surface area (Å²) < 4.78 is 1.77. The highest BCUT2D eigenvalue weighted by Gasteiger charge is 2.20. The number of amides is 1. The van der Waals surface area contributed by atoms with Crippen molar-refractivity contribution in [2.24, 2.45) is 0 Å². The SMILES string of the molecule is CSc1nnc(SC(C)C(=O)N(C)Cc2ccccc2)s1. The molecule has 0 saturated carbocycles. The summed E-state index contributed by atoms with van der Waals surface area (Å²) in [5, 5.41) is 7.97. The van der Waals surface area contributed by atoms with Gasteiger partial charge >= 0.3 is 0 Å². The maximum atomic E-state index is 12.4. The molecule has 0 saturated heterocycles. The number of carbonyl (C=O) groups excluding carboxylic acids is 1. The molecule has 21 heavy (non-hydrogen) atoms. The maximum Gasteiger partial charge on any atom is 0.235 e. The van der Waals surface area contributed by atoms with Gasteiger partial charge in [-0.1, -0.05) is 65.2 Å². The van der Waals surface area contributed by atoms with E-state index in [1.807, 2.05) is 50.6 Å². The minimum Gasteiger partial charge on any atom is -0.340 e. The lowest BCUT2D eigenvalue weighted by Gasteiger charge is -2.20. The first-order chi connectivity index (χ1) is 10.1. The molecule has 2 rings (SSSR count). The average molecular weight is 340 g/mol. The third-order valence-corrected chi connectivity index (χ3v) is 5.90. The zero-order valence-corrected chi connectivity index (χ0v) is 14.6. The van der Waals surface area contributed by atoms with Gasteiger partial charge in [0.15, 0.2) is 8.68 Å². The molecule has 1 amide bonds. The molecule has 1 atom stereocenters. The normalized spacial score (nSPS) is 12.1. The fourth-order valence-electron chi connectivity index (χ4n) is 1.77. The molecule has 2 aromatic rings. The van der Waals surface area contributed by atoms with E-state index in [2.05, 4.69) is 10.2 Å². The second kappa shape index (κ2) is 7.82. The van der Waals surface area contributed by atoms with Crippen LogP contribution in [0, 0.1) is 0 Å². The van der Waals surface area contributed by atoms with Crippen molar-refractivity contribution in [1.29, 1.82) is 0 Å². The van der Waals surface area contributed by atoms with Crippen LogP contribution in [0.4, 0.5) is 0 Å². The number of hydrogen-bond acceptors (Lipinski definition) is 6. The van der Waals surface area contributed by atoms with Crippen molar-refractivity contribution in [2.75, 3.05) is 13.3 Å². The maximum absolute atomic E-state index is 12.4. The fourth-order valence-corrected chi connectivity index (χ4v) is 4.47. The van der Waals surface area contributed by atoms with Crippen molar-refractivity contribution in [3.8, 4) is 0 Å². The number of nitrogens with zero attached hydrogens (tertiary/aromatic N) is 3. The van der Waals surface area contributed by atoms with Gasteiger partial charge in [-0.05, 0) is 18.7 Å². The Morgan fingerprint density at radius 1 is 1.29 bits per heavy atom. The molecule has 4 nitrogen and oxygen atoms in total. The van der Waals surface area contributed by atoms with Crippen molar-refractivity contribution in [1.82, 2.24) is 15.1 Å². The molecule has 1 aromatic carbocycles. The van der Waals surface area contributed by atoms with Gasteiger partial charge in [-0.15, -0.1) is 10.2 Å². The van der Waals surface area contributed by atoms with E-state index in [9.17, 15) is 4.79 Å². The zero-order valence-electron chi connectivity index (χ0n) is 12.1. The Balaban J connectivity index is 1.92. The van der Waals surface area contributed by atoms with Gasteiger partial charge in [0.1, 0.15) is 0 Å². The van der Waals surface area contributed by atoms with E-state index in [4.69, 9.17) is 0 Å². The monoisotopic (exact) mass is 339 g/mol. The lowest BCUT2D eigenvalue weighted by Crippen LogP contribution is -2.32. The fraction of sp³-hybridized carbons (Fsp3) is 0.357. The molecule has 112 valence electrons. The average Bonchev–Trinajstić information content (AvgIpc) is 2.95. The van der Waals surface area contributed by atoms with E-state index < -0.39 is 0 Å². The summed E-state index contributed by atoms with van der Waals surface area (Å²) in [6, 6.07) is 9.99. The minimum atomic E-state index is -0.165. The smallest absolute Gasteiger partial charge is 0.235 e. The summed E-state index contributed by atoms with van der Waals surface area (Å²) in [4.78, 5) is 14.1. The highest BCUT2D eigenvalue weighted by molar-refractivity contribution is 8.03. The number of hydrogen-bond donors (Lipinski definition) is 0. The van der Waals surface area contributed by atoms with Gasteiger partial charge in [0.2, 0.25) is 5.91 Å². The molecule has 0 fully saturated rings. The molecule has 1 unspecified atom stereocenters. The van der Waals surface area contributed by atoms with Gasteiger partial charge in [-0.3, -0.25) is 4.79 Å². The van der Waals surface area contributed by atoms with E-state index in [1.54, 1.807) is 16.7 Å². The first kappa shape index (κ1) is 16.3. The van der Waals surface area contributed by atoms with Crippen LogP contribution in [0.1, 0.15) is 12.5 Å². The van der Waals surface area contributed by atoms with Crippen LogP contribution in [0.5, 0.6) is 0 Å². The molecule has 1 aromatic heterocycles. The Morgan fingerprint density at radius 3 is 2.57 bits per heavy atom. The van der Waals surface area contributed by atoms with E-state index in [1.165, 1.54) is 23.1 Å². The summed E-state index contributed by atoms with van der Waals surface area (Å²) >= 11 is 4.56. The van der Waals surface area contributed by atoms with E-state index in [0.717, 1.165) is 14.2 Å². The molecule has 0 radical (unpaired) electrons. The number of rotatable bonds is 6. The second-order valence-corrected chi connectivity index (χ2v) is 8.10. The van der Waals surface area contributed by atoms with Crippen LogP contribution in [0.2, 0.25) is 0 Å². The van der Waals surface area contributed by atoms with Crippen LogP contribution < -0.4 is 0 Å². The lowest BCUT2D eigenvalue weighted by molar-refractivity contribution is -0.129. The lowest BCUT2D eigenvalue weighted by atomic mass is 10.2. The van der Waals surface area contributed by atoms with Crippen molar-refractivity contribution >= 4 is 40.8 Å². The van der Waals surface area contributed by atoms with E-state index in [0.29, 0.717) is 6.54 Å². The first-order valence-electron chi connectivity index (χ1n) is 6.43. The summed E-state index contributed by atoms with van der Waals surface area (Å²) in [7, 11) is 1.83. The standard InChI is InChI=1S/C14H17N3OS3/c1-10(20-14-16-15-13(19-3)21-14)12(18)17(2)9-11-7-5-4-6-8-11/h4-8,10H,9H2,1-3H3. The summed E-state index contributed by atoms with van der Waals surface area (Å²) in [6.45, 7) is 2.53. The van der Waals surface area contributed by atoms with Crippen LogP contribution >= 0.6 is 34.9 Å². The predicted molar refractivity (Wildman–Crippen MR) is 89.9 cm³/mol. The Labute approximate surface area is 137 Å². The van der Waals surface area contributed by atoms with Crippen LogP contribution in [-0.2, 0) is 11.3 Å². The number of thioether (sulfide) groups is 2. The Morgan fingerprint density at radius 2 is 1.95 bits per heavy atom. The number of carbonyl (C=O) groups is 1. The largest absolute Gasteiger partial charge is 0.340 e. The molecule has 0 aliphatic rings. The van der Waals surface area contributed by atoms with Crippen LogP contribution in [0.15, 0.2) is 39.0 Å². The molecule has 0 bridgehead atoms. The Bertz CT molecular complexity index is 588. The predicted octanol–water partition coefficient (Wildman–Crippen LogP) is 3.40. The first-order valence-corrected chi connectivity index (χ1v) is 9.35. The molecule has 0 aliphatic carbocycles. The molecule has 0 N–H and O–H groups in total. The number of benzene rings is 1. The van der Waals surface area contributed by atoms with Crippen molar-refractivity contribution < 1.29 is 4.79 Å². The van der Waals surface area contributed by atoms with Gasteiger partial charge in [-0.2, -0.15) is 0 Å². The Hall–Kier alpha value is -1.05. The van der Waals surface area contributed by atoms with E-state index in [-0.39, 0.29) is 11.2 Å². The van der Waals surface area contributed by atoms with Crippen LogP contribution in [0.3, 0.4) is 0 Å². The van der Waals surface area contributed by atoms with Crippen molar-refractivity contribution in [3.63, 3.8) is 0 Å². The van der Waals surface area contributed by atoms with Crippen LogP contribution in [0.25, 0.3) is 0 Å². The van der Waals surface area contributed by atoms with Crippen LogP contribution in [-0.4, -0.2) is 39.6 Å². The van der Waals surface area contributed by atoms with Gasteiger partial charge < -0.3 is 4.90 Å². The van der Waals surface area contributed by atoms with Gasteiger partial charge in [0.25, 0.3) is 0 Å². The highest BCUT2D eigenvalue weighted by Crippen LogP contribution is 2.30. The summed E-state index contributed by atoms with van der Waals surface area (Å²) in [6.07, 6.45) is 1.97. The number of aromatic nitrogens is 2. The molecule has 0 aliphatic heterocycles. The molecule has 0 spiro atoms. The third-order valence-electron chi connectivity index (χ3n) is 2.83. The Kier molecular flexibility index (Phi) is 6.08. The summed E-state index contributed by atoms with van der Waals surface area (Å²) in [5.74, 6) is 0.102. The molecule has 7 heteroatoms. The topological polar surface area (TPSA) is 46.1 Å². The van der Waals surface area contributed by atoms with Crippen molar-refractivity contribution in [2.45, 2.75) is 27.4 Å². The molecular formula is C14H17N3OS3. The van der Waals surface area contributed by atoms with Gasteiger partial charge in [0, 0.05) is 13.6 Å². The molecular weight excluding hydrogens is 322 g/mol. The minimum absolute atomic E-state index is 0.102. The second-order valence-electron chi connectivity index (χ2n) is 4.48. The third kappa shape index (κ3) is 4.72. The van der Waals surface area contributed by atoms with Gasteiger partial charge in [0.05, 0.1) is 5.25 Å². The van der Waals surface area contributed by atoms with Gasteiger partial charge in [-0.25, -0.2) is 0 Å². The quantitative estimate of drug-likeness (QED) is 0.755. The van der Waals surface area contributed by atoms with E-state index >= 15 is 0 Å². The zero-order chi connectivity index (χ0) is 15.2. The van der Waals surface area contributed by atoms with Crippen molar-refractivity contribution in [3.05, 3.63) is 35.9 Å². The summed E-state index contributed by atoms with van der Waals surface area (Å²) in [5.41, 5.74) is 1.13. The highest BCUT2D eigenvalue weighted by atomic mass is 32.2.